The Hall–Kier alpha value is -0.580. The fraction of sp³-hybridized carbons (Fsp3) is 0.600. The van der Waals surface area contributed by atoms with E-state index < -0.39 is 0 Å². The molecule has 1 saturated heterocycles. The number of ether oxygens (including phenoxy) is 1. The first kappa shape index (κ1) is 14.8. The van der Waals surface area contributed by atoms with Crippen molar-refractivity contribution in [2.45, 2.75) is 32.4 Å². The molecule has 1 fully saturated rings. The van der Waals surface area contributed by atoms with Crippen LogP contribution in [-0.2, 0) is 6.54 Å². The molecule has 106 valence electrons. The van der Waals surface area contributed by atoms with Gasteiger partial charge in [0.05, 0.1) is 11.6 Å². The number of methoxy groups -OCH3 is 1. The molecule has 4 heteroatoms. The fourth-order valence-corrected chi connectivity index (χ4v) is 3.19. The second-order valence-electron chi connectivity index (χ2n) is 5.42. The lowest BCUT2D eigenvalue weighted by molar-refractivity contribution is 0.0637. The van der Waals surface area contributed by atoms with E-state index in [4.69, 9.17) is 4.74 Å². The Morgan fingerprint density at radius 1 is 1.47 bits per heavy atom. The lowest BCUT2D eigenvalue weighted by Crippen LogP contribution is -2.58. The molecular formula is C15H23BrN2O. The van der Waals surface area contributed by atoms with Crippen molar-refractivity contribution in [1.82, 2.24) is 10.2 Å². The second-order valence-corrected chi connectivity index (χ2v) is 6.27. The van der Waals surface area contributed by atoms with Gasteiger partial charge in [0.15, 0.2) is 0 Å². The summed E-state index contributed by atoms with van der Waals surface area (Å²) < 4.78 is 6.31. The molecule has 0 bridgehead atoms. The van der Waals surface area contributed by atoms with Crippen LogP contribution in [0.4, 0.5) is 0 Å². The molecule has 0 radical (unpaired) electrons. The third-order valence-corrected chi connectivity index (χ3v) is 4.80. The molecule has 1 unspecified atom stereocenters. The summed E-state index contributed by atoms with van der Waals surface area (Å²) in [4.78, 5) is 2.58. The summed E-state index contributed by atoms with van der Waals surface area (Å²) in [5.41, 5.74) is 1.58. The van der Waals surface area contributed by atoms with Crippen LogP contribution in [0.3, 0.4) is 0 Å². The van der Waals surface area contributed by atoms with Crippen molar-refractivity contribution in [2.75, 3.05) is 26.7 Å². The van der Waals surface area contributed by atoms with Crippen molar-refractivity contribution in [3.63, 3.8) is 0 Å². The monoisotopic (exact) mass is 326 g/mol. The van der Waals surface area contributed by atoms with Crippen LogP contribution in [0, 0.1) is 0 Å². The number of nitrogens with one attached hydrogen (secondary N) is 1. The molecule has 0 aliphatic carbocycles. The van der Waals surface area contributed by atoms with E-state index in [0.717, 1.165) is 42.8 Å². The zero-order valence-corrected chi connectivity index (χ0v) is 13.6. The van der Waals surface area contributed by atoms with Gasteiger partial charge >= 0.3 is 0 Å². The topological polar surface area (TPSA) is 24.5 Å². The first-order valence-corrected chi connectivity index (χ1v) is 7.66. The van der Waals surface area contributed by atoms with Crippen molar-refractivity contribution >= 4 is 15.9 Å². The highest BCUT2D eigenvalue weighted by Gasteiger charge is 2.32. The Labute approximate surface area is 124 Å². The summed E-state index contributed by atoms with van der Waals surface area (Å²) in [5.74, 6) is 0.891. The van der Waals surface area contributed by atoms with Gasteiger partial charge in [-0.25, -0.2) is 0 Å². The van der Waals surface area contributed by atoms with Gasteiger partial charge < -0.3 is 10.1 Å². The second kappa shape index (κ2) is 6.25. The van der Waals surface area contributed by atoms with Crippen molar-refractivity contribution in [2.24, 2.45) is 0 Å². The molecule has 0 amide bonds. The maximum absolute atomic E-state index is 5.28. The number of hydrogen-bond donors (Lipinski definition) is 1. The van der Waals surface area contributed by atoms with E-state index in [2.05, 4.69) is 52.1 Å². The first-order valence-electron chi connectivity index (χ1n) is 6.87. The number of halogens is 1. The summed E-state index contributed by atoms with van der Waals surface area (Å²) >= 11 is 3.56. The van der Waals surface area contributed by atoms with Crippen LogP contribution in [0.15, 0.2) is 22.7 Å². The lowest BCUT2D eigenvalue weighted by atomic mass is 9.93. The largest absolute Gasteiger partial charge is 0.496 e. The summed E-state index contributed by atoms with van der Waals surface area (Å²) in [5, 5.41) is 3.50. The highest BCUT2D eigenvalue weighted by Crippen LogP contribution is 2.28. The maximum atomic E-state index is 5.28. The smallest absolute Gasteiger partial charge is 0.133 e. The van der Waals surface area contributed by atoms with E-state index >= 15 is 0 Å². The first-order chi connectivity index (χ1) is 9.09. The predicted molar refractivity (Wildman–Crippen MR) is 82.7 cm³/mol. The highest BCUT2D eigenvalue weighted by molar-refractivity contribution is 9.10. The van der Waals surface area contributed by atoms with Crippen LogP contribution in [0.2, 0.25) is 0 Å². The van der Waals surface area contributed by atoms with Gasteiger partial charge in [0.25, 0.3) is 0 Å². The van der Waals surface area contributed by atoms with Crippen molar-refractivity contribution in [3.8, 4) is 5.75 Å². The fourth-order valence-electron chi connectivity index (χ4n) is 2.60. The van der Waals surface area contributed by atoms with Crippen LogP contribution in [0.5, 0.6) is 5.75 Å². The third kappa shape index (κ3) is 3.30. The van der Waals surface area contributed by atoms with E-state index in [1.165, 1.54) is 5.56 Å². The highest BCUT2D eigenvalue weighted by atomic mass is 79.9. The molecule has 0 aromatic heterocycles. The Kier molecular flexibility index (Phi) is 4.87. The number of piperazine rings is 1. The van der Waals surface area contributed by atoms with Gasteiger partial charge in [-0.2, -0.15) is 0 Å². The summed E-state index contributed by atoms with van der Waals surface area (Å²) in [6.45, 7) is 8.86. The molecule has 0 spiro atoms. The summed E-state index contributed by atoms with van der Waals surface area (Å²) in [7, 11) is 1.70. The molecule has 2 rings (SSSR count). The molecule has 1 aromatic rings. The minimum Gasteiger partial charge on any atom is -0.496 e. The Bertz CT molecular complexity index is 438. The molecule has 0 saturated carbocycles. The molecule has 1 aromatic carbocycles. The third-order valence-electron chi connectivity index (χ3n) is 4.18. The van der Waals surface area contributed by atoms with Crippen molar-refractivity contribution < 1.29 is 4.74 Å². The molecule has 19 heavy (non-hydrogen) atoms. The number of rotatable bonds is 4. The van der Waals surface area contributed by atoms with Crippen molar-refractivity contribution in [1.29, 1.82) is 0 Å². The SMILES string of the molecule is CCC1(C)CNCCN1Cc1ccc(OC)c(Br)c1. The zero-order chi connectivity index (χ0) is 13.9. The standard InChI is InChI=1S/C15H23BrN2O/c1-4-15(2)11-17-7-8-18(15)10-12-5-6-14(19-3)13(16)9-12/h5-6,9,17H,4,7-8,10-11H2,1-3H3. The van der Waals surface area contributed by atoms with Crippen LogP contribution >= 0.6 is 15.9 Å². The molecule has 1 aliphatic rings. The molecule has 1 aliphatic heterocycles. The Morgan fingerprint density at radius 2 is 2.26 bits per heavy atom. The van der Waals surface area contributed by atoms with E-state index in [1.807, 2.05) is 6.07 Å². The average molecular weight is 327 g/mol. The lowest BCUT2D eigenvalue weighted by Gasteiger charge is -2.45. The molecule has 1 N–H and O–H groups in total. The number of hydrogen-bond acceptors (Lipinski definition) is 3. The van der Waals surface area contributed by atoms with Crippen LogP contribution in [0.1, 0.15) is 25.8 Å². The summed E-state index contributed by atoms with van der Waals surface area (Å²) in [6.07, 6.45) is 1.16. The Morgan fingerprint density at radius 3 is 2.89 bits per heavy atom. The van der Waals surface area contributed by atoms with Gasteiger partial charge in [-0.15, -0.1) is 0 Å². The van der Waals surface area contributed by atoms with E-state index in [-0.39, 0.29) is 5.54 Å². The molecule has 3 nitrogen and oxygen atoms in total. The van der Waals surface area contributed by atoms with Gasteiger partial charge in [-0.3, -0.25) is 4.90 Å². The predicted octanol–water partition coefficient (Wildman–Crippen LogP) is 3.03. The normalized spacial score (nSPS) is 24.4. The quantitative estimate of drug-likeness (QED) is 0.920. The van der Waals surface area contributed by atoms with E-state index in [9.17, 15) is 0 Å². The molecule has 1 atom stereocenters. The number of nitrogens with zero attached hydrogens (tertiary/aromatic N) is 1. The summed E-state index contributed by atoms with van der Waals surface area (Å²) in [6, 6.07) is 6.35. The van der Waals surface area contributed by atoms with Gasteiger partial charge in [-0.1, -0.05) is 13.0 Å². The number of benzene rings is 1. The minimum absolute atomic E-state index is 0.255. The van der Waals surface area contributed by atoms with Gasteiger partial charge in [0.2, 0.25) is 0 Å². The van der Waals surface area contributed by atoms with E-state index in [0.29, 0.717) is 0 Å². The maximum Gasteiger partial charge on any atom is 0.133 e. The van der Waals surface area contributed by atoms with Crippen LogP contribution < -0.4 is 10.1 Å². The molecule has 1 heterocycles. The van der Waals surface area contributed by atoms with Gasteiger partial charge in [-0.05, 0) is 47.0 Å². The van der Waals surface area contributed by atoms with Gasteiger partial charge in [0.1, 0.15) is 5.75 Å². The van der Waals surface area contributed by atoms with Crippen LogP contribution in [0.25, 0.3) is 0 Å². The van der Waals surface area contributed by atoms with Gasteiger partial charge in [0, 0.05) is 31.7 Å². The zero-order valence-electron chi connectivity index (χ0n) is 12.0. The van der Waals surface area contributed by atoms with E-state index in [1.54, 1.807) is 7.11 Å². The van der Waals surface area contributed by atoms with Crippen LogP contribution in [-0.4, -0.2) is 37.2 Å². The Balaban J connectivity index is 2.13. The van der Waals surface area contributed by atoms with Crippen molar-refractivity contribution in [3.05, 3.63) is 28.2 Å². The molecular weight excluding hydrogens is 304 g/mol. The average Bonchev–Trinajstić information content (AvgIpc) is 2.42. The minimum atomic E-state index is 0.255.